The third-order valence-corrected chi connectivity index (χ3v) is 6.85. The van der Waals surface area contributed by atoms with Gasteiger partial charge < -0.3 is 15.4 Å². The largest absolute Gasteiger partial charge is 0.497 e. The van der Waals surface area contributed by atoms with Gasteiger partial charge in [-0.25, -0.2) is 0 Å². The second-order valence-corrected chi connectivity index (χ2v) is 8.58. The fourth-order valence-corrected chi connectivity index (χ4v) is 5.40. The first-order valence-electron chi connectivity index (χ1n) is 10.2. The highest BCUT2D eigenvalue weighted by Crippen LogP contribution is 2.44. The van der Waals surface area contributed by atoms with Crippen molar-refractivity contribution < 1.29 is 4.74 Å². The Morgan fingerprint density at radius 2 is 1.96 bits per heavy atom. The van der Waals surface area contributed by atoms with Crippen LogP contribution in [0.3, 0.4) is 0 Å². The average Bonchev–Trinajstić information content (AvgIpc) is 3.41. The molecule has 3 fully saturated rings. The Bertz CT molecular complexity index is 614. The third-order valence-electron chi connectivity index (χ3n) is 6.59. The van der Waals surface area contributed by atoms with Crippen LogP contribution < -0.4 is 15.4 Å². The van der Waals surface area contributed by atoms with E-state index < -0.39 is 0 Å². The van der Waals surface area contributed by atoms with E-state index in [0.717, 1.165) is 29.2 Å². The first kappa shape index (κ1) is 18.1. The van der Waals surface area contributed by atoms with Crippen molar-refractivity contribution in [3.05, 3.63) is 29.8 Å². The zero-order valence-electron chi connectivity index (χ0n) is 15.7. The molecule has 0 amide bonds. The number of likely N-dealkylation sites (tertiary alicyclic amines) is 1. The number of nitrogens with zero attached hydrogens (tertiary/aromatic N) is 1. The van der Waals surface area contributed by atoms with E-state index in [-0.39, 0.29) is 0 Å². The maximum absolute atomic E-state index is 5.63. The van der Waals surface area contributed by atoms with Gasteiger partial charge in [-0.15, -0.1) is 0 Å². The fraction of sp³-hybridized carbons (Fsp3) is 0.667. The molecule has 4 atom stereocenters. The Hall–Kier alpha value is -1.33. The summed E-state index contributed by atoms with van der Waals surface area (Å²) < 4.78 is 5.31. The van der Waals surface area contributed by atoms with E-state index in [1.165, 1.54) is 57.2 Å². The number of methoxy groups -OCH3 is 1. The zero-order chi connectivity index (χ0) is 17.9. The molecule has 4 nitrogen and oxygen atoms in total. The SMILES string of the molecule is COc1ccc([C@@H](CNC(=S)N[C@@H]2C[C@H]3CC[C@H]2C3)N2CCCC2)cc1. The van der Waals surface area contributed by atoms with Crippen molar-refractivity contribution in [3.8, 4) is 5.75 Å². The van der Waals surface area contributed by atoms with Crippen LogP contribution in [0.5, 0.6) is 5.75 Å². The van der Waals surface area contributed by atoms with Crippen LogP contribution in [0.25, 0.3) is 0 Å². The van der Waals surface area contributed by atoms with E-state index in [0.29, 0.717) is 12.1 Å². The number of hydrogen-bond donors (Lipinski definition) is 2. The molecule has 26 heavy (non-hydrogen) atoms. The minimum atomic E-state index is 0.364. The lowest BCUT2D eigenvalue weighted by Gasteiger charge is -2.30. The molecule has 2 N–H and O–H groups in total. The molecule has 2 aliphatic carbocycles. The van der Waals surface area contributed by atoms with Crippen molar-refractivity contribution in [3.63, 3.8) is 0 Å². The van der Waals surface area contributed by atoms with Crippen LogP contribution in [-0.4, -0.2) is 42.8 Å². The third kappa shape index (κ3) is 3.99. The minimum absolute atomic E-state index is 0.364. The molecular weight excluding hydrogens is 342 g/mol. The summed E-state index contributed by atoms with van der Waals surface area (Å²) in [5.74, 6) is 2.70. The molecule has 1 aromatic rings. The van der Waals surface area contributed by atoms with Crippen molar-refractivity contribution >= 4 is 17.3 Å². The first-order chi connectivity index (χ1) is 12.7. The molecule has 2 saturated carbocycles. The second-order valence-electron chi connectivity index (χ2n) is 8.17. The zero-order valence-corrected chi connectivity index (χ0v) is 16.6. The van der Waals surface area contributed by atoms with Crippen molar-refractivity contribution in [2.24, 2.45) is 11.8 Å². The molecule has 142 valence electrons. The van der Waals surface area contributed by atoms with Crippen LogP contribution >= 0.6 is 12.2 Å². The molecule has 5 heteroatoms. The van der Waals surface area contributed by atoms with E-state index in [9.17, 15) is 0 Å². The first-order valence-corrected chi connectivity index (χ1v) is 10.6. The van der Waals surface area contributed by atoms with E-state index in [1.807, 2.05) is 0 Å². The van der Waals surface area contributed by atoms with Crippen LogP contribution in [0.4, 0.5) is 0 Å². The van der Waals surface area contributed by atoms with Gasteiger partial charge in [0.15, 0.2) is 5.11 Å². The fourth-order valence-electron chi connectivity index (χ4n) is 5.17. The molecule has 1 aromatic carbocycles. The van der Waals surface area contributed by atoms with E-state index in [1.54, 1.807) is 7.11 Å². The molecule has 1 heterocycles. The lowest BCUT2D eigenvalue weighted by Crippen LogP contribution is -2.46. The van der Waals surface area contributed by atoms with Crippen LogP contribution in [0.15, 0.2) is 24.3 Å². The van der Waals surface area contributed by atoms with Crippen LogP contribution in [0, 0.1) is 11.8 Å². The standard InChI is InChI=1S/C21H31N3OS/c1-25-18-8-6-16(7-9-18)20(24-10-2-3-11-24)14-22-21(26)23-19-13-15-4-5-17(19)12-15/h6-9,15,17,19-20H,2-5,10-14H2,1H3,(H2,22,23,26)/t15-,17-,19+,20+/m0/s1. The number of rotatable bonds is 6. The highest BCUT2D eigenvalue weighted by Gasteiger charge is 2.39. The molecule has 3 aliphatic rings. The van der Waals surface area contributed by atoms with Gasteiger partial charge in [0.25, 0.3) is 0 Å². The quantitative estimate of drug-likeness (QED) is 0.747. The summed E-state index contributed by atoms with van der Waals surface area (Å²) in [5.41, 5.74) is 1.34. The molecular formula is C21H31N3OS. The Morgan fingerprint density at radius 1 is 1.19 bits per heavy atom. The number of benzene rings is 1. The highest BCUT2D eigenvalue weighted by atomic mass is 32.1. The van der Waals surface area contributed by atoms with Crippen molar-refractivity contribution in [2.75, 3.05) is 26.7 Å². The lowest BCUT2D eigenvalue weighted by molar-refractivity contribution is 0.245. The van der Waals surface area contributed by atoms with Gasteiger partial charge in [0.05, 0.1) is 13.2 Å². The molecule has 0 spiro atoms. The number of fused-ring (bicyclic) bond motifs is 2. The van der Waals surface area contributed by atoms with Crippen LogP contribution in [0.2, 0.25) is 0 Å². The number of ether oxygens (including phenoxy) is 1. The molecule has 4 rings (SSSR count). The summed E-state index contributed by atoms with van der Waals surface area (Å²) in [5, 5.41) is 7.96. The van der Waals surface area contributed by atoms with Crippen molar-refractivity contribution in [1.29, 1.82) is 0 Å². The minimum Gasteiger partial charge on any atom is -0.497 e. The Kier molecular flexibility index (Phi) is 5.65. The Labute approximate surface area is 162 Å². The summed E-state index contributed by atoms with van der Waals surface area (Å²) >= 11 is 5.63. The van der Waals surface area contributed by atoms with Crippen molar-refractivity contribution in [2.45, 2.75) is 50.6 Å². The van der Waals surface area contributed by atoms with Crippen LogP contribution in [0.1, 0.15) is 50.1 Å². The monoisotopic (exact) mass is 373 g/mol. The summed E-state index contributed by atoms with van der Waals surface area (Å²) in [7, 11) is 1.72. The maximum atomic E-state index is 5.63. The highest BCUT2D eigenvalue weighted by molar-refractivity contribution is 7.80. The van der Waals surface area contributed by atoms with Gasteiger partial charge in [0.1, 0.15) is 5.75 Å². The molecule has 0 radical (unpaired) electrons. The molecule has 1 aliphatic heterocycles. The number of hydrogen-bond acceptors (Lipinski definition) is 3. The summed E-state index contributed by atoms with van der Waals surface area (Å²) in [6, 6.07) is 9.46. The second kappa shape index (κ2) is 8.13. The predicted molar refractivity (Wildman–Crippen MR) is 110 cm³/mol. The van der Waals surface area contributed by atoms with Crippen molar-refractivity contribution in [1.82, 2.24) is 15.5 Å². The predicted octanol–water partition coefficient (Wildman–Crippen LogP) is 3.48. The van der Waals surface area contributed by atoms with E-state index >= 15 is 0 Å². The van der Waals surface area contributed by atoms with E-state index in [4.69, 9.17) is 17.0 Å². The number of thiocarbonyl (C=S) groups is 1. The normalized spacial score (nSPS) is 28.9. The van der Waals surface area contributed by atoms with Gasteiger partial charge >= 0.3 is 0 Å². The summed E-state index contributed by atoms with van der Waals surface area (Å²) in [6.45, 7) is 3.20. The Balaban J connectivity index is 1.35. The lowest BCUT2D eigenvalue weighted by atomic mass is 9.95. The maximum Gasteiger partial charge on any atom is 0.166 e. The summed E-state index contributed by atoms with van der Waals surface area (Å²) in [6.07, 6.45) is 8.11. The van der Waals surface area contributed by atoms with E-state index in [2.05, 4.69) is 39.8 Å². The Morgan fingerprint density at radius 3 is 2.58 bits per heavy atom. The molecule has 0 aromatic heterocycles. The molecule has 0 unspecified atom stereocenters. The molecule has 1 saturated heterocycles. The van der Waals surface area contributed by atoms with Crippen LogP contribution in [-0.2, 0) is 0 Å². The van der Waals surface area contributed by atoms with Gasteiger partial charge in [-0.05, 0) is 86.9 Å². The topological polar surface area (TPSA) is 36.5 Å². The van der Waals surface area contributed by atoms with Gasteiger partial charge in [-0.1, -0.05) is 18.6 Å². The van der Waals surface area contributed by atoms with Gasteiger partial charge in [-0.3, -0.25) is 4.90 Å². The van der Waals surface area contributed by atoms with Gasteiger partial charge in [0.2, 0.25) is 0 Å². The smallest absolute Gasteiger partial charge is 0.166 e. The van der Waals surface area contributed by atoms with Gasteiger partial charge in [-0.2, -0.15) is 0 Å². The van der Waals surface area contributed by atoms with Gasteiger partial charge in [0, 0.05) is 12.6 Å². The molecule has 2 bridgehead atoms. The average molecular weight is 374 g/mol. The number of nitrogens with one attached hydrogen (secondary N) is 2. The summed E-state index contributed by atoms with van der Waals surface area (Å²) in [4.78, 5) is 2.58.